The van der Waals surface area contributed by atoms with Gasteiger partial charge >= 0.3 is 6.03 Å². The maximum Gasteiger partial charge on any atom is 0.317 e. The van der Waals surface area contributed by atoms with Crippen LogP contribution in [0.25, 0.3) is 0 Å². The van der Waals surface area contributed by atoms with E-state index in [-0.39, 0.29) is 6.03 Å². The SMILES string of the molecule is COc1ccc(CCNC(=O)N2CCN(CCN)CC2)cc1. The number of hydrogen-bond acceptors (Lipinski definition) is 4. The van der Waals surface area contributed by atoms with Crippen LogP contribution in [-0.2, 0) is 6.42 Å². The van der Waals surface area contributed by atoms with Gasteiger partial charge in [0.25, 0.3) is 0 Å². The van der Waals surface area contributed by atoms with E-state index in [9.17, 15) is 4.79 Å². The summed E-state index contributed by atoms with van der Waals surface area (Å²) in [6.45, 7) is 5.59. The van der Waals surface area contributed by atoms with Gasteiger partial charge in [-0.3, -0.25) is 4.90 Å². The van der Waals surface area contributed by atoms with Crippen LogP contribution in [-0.4, -0.2) is 68.8 Å². The van der Waals surface area contributed by atoms with Gasteiger partial charge in [-0.2, -0.15) is 0 Å². The molecular weight excluding hydrogens is 280 g/mol. The summed E-state index contributed by atoms with van der Waals surface area (Å²) in [6, 6.07) is 7.95. The summed E-state index contributed by atoms with van der Waals surface area (Å²) in [7, 11) is 1.66. The molecule has 1 aromatic rings. The summed E-state index contributed by atoms with van der Waals surface area (Å²) in [6.07, 6.45) is 0.822. The first-order valence-corrected chi connectivity index (χ1v) is 7.81. The van der Waals surface area contributed by atoms with Gasteiger partial charge in [0.2, 0.25) is 0 Å². The molecule has 0 aromatic heterocycles. The predicted octanol–water partition coefficient (Wildman–Crippen LogP) is 0.524. The van der Waals surface area contributed by atoms with Crippen molar-refractivity contribution in [2.45, 2.75) is 6.42 Å². The molecule has 0 radical (unpaired) electrons. The van der Waals surface area contributed by atoms with Crippen molar-refractivity contribution in [3.05, 3.63) is 29.8 Å². The number of nitrogens with one attached hydrogen (secondary N) is 1. The molecule has 1 fully saturated rings. The average molecular weight is 306 g/mol. The van der Waals surface area contributed by atoms with Crippen LogP contribution in [0.2, 0.25) is 0 Å². The van der Waals surface area contributed by atoms with E-state index in [4.69, 9.17) is 10.5 Å². The molecule has 1 aliphatic heterocycles. The Hall–Kier alpha value is -1.79. The molecule has 2 amide bonds. The van der Waals surface area contributed by atoms with Gasteiger partial charge in [0.05, 0.1) is 7.11 Å². The fraction of sp³-hybridized carbons (Fsp3) is 0.562. The van der Waals surface area contributed by atoms with Gasteiger partial charge in [-0.25, -0.2) is 4.79 Å². The number of piperazine rings is 1. The molecule has 6 heteroatoms. The molecule has 3 N–H and O–H groups in total. The Morgan fingerprint density at radius 2 is 1.91 bits per heavy atom. The van der Waals surface area contributed by atoms with Gasteiger partial charge in [0.1, 0.15) is 5.75 Å². The molecule has 22 heavy (non-hydrogen) atoms. The van der Waals surface area contributed by atoms with Crippen LogP contribution in [0.1, 0.15) is 5.56 Å². The lowest BCUT2D eigenvalue weighted by atomic mass is 10.1. The van der Waals surface area contributed by atoms with Crippen molar-refractivity contribution in [1.29, 1.82) is 0 Å². The van der Waals surface area contributed by atoms with Crippen molar-refractivity contribution in [2.24, 2.45) is 5.73 Å². The minimum atomic E-state index is 0.0286. The van der Waals surface area contributed by atoms with E-state index in [0.717, 1.165) is 44.9 Å². The van der Waals surface area contributed by atoms with E-state index >= 15 is 0 Å². The zero-order valence-electron chi connectivity index (χ0n) is 13.3. The van der Waals surface area contributed by atoms with Gasteiger partial charge in [-0.05, 0) is 24.1 Å². The monoisotopic (exact) mass is 306 g/mol. The molecule has 0 spiro atoms. The molecule has 6 nitrogen and oxygen atoms in total. The molecule has 2 rings (SSSR count). The van der Waals surface area contributed by atoms with E-state index in [1.54, 1.807) is 7.11 Å². The largest absolute Gasteiger partial charge is 0.497 e. The van der Waals surface area contributed by atoms with Gasteiger partial charge in [-0.1, -0.05) is 12.1 Å². The molecule has 0 atom stereocenters. The number of nitrogens with zero attached hydrogens (tertiary/aromatic N) is 2. The third kappa shape index (κ3) is 4.89. The summed E-state index contributed by atoms with van der Waals surface area (Å²) in [5.74, 6) is 0.850. The van der Waals surface area contributed by atoms with Crippen LogP contribution < -0.4 is 15.8 Å². The van der Waals surface area contributed by atoms with Crippen molar-refractivity contribution < 1.29 is 9.53 Å². The summed E-state index contributed by atoms with van der Waals surface area (Å²) in [5.41, 5.74) is 6.74. The summed E-state index contributed by atoms with van der Waals surface area (Å²) < 4.78 is 5.13. The number of hydrogen-bond donors (Lipinski definition) is 2. The molecule has 122 valence electrons. The number of urea groups is 1. The third-order valence-electron chi connectivity index (χ3n) is 3.95. The third-order valence-corrected chi connectivity index (χ3v) is 3.95. The van der Waals surface area contributed by atoms with Gasteiger partial charge < -0.3 is 20.7 Å². The Morgan fingerprint density at radius 1 is 1.23 bits per heavy atom. The minimum Gasteiger partial charge on any atom is -0.497 e. The first kappa shape index (κ1) is 16.6. The zero-order valence-corrected chi connectivity index (χ0v) is 13.3. The zero-order chi connectivity index (χ0) is 15.8. The summed E-state index contributed by atoms with van der Waals surface area (Å²) >= 11 is 0. The highest BCUT2D eigenvalue weighted by molar-refractivity contribution is 5.74. The Balaban J connectivity index is 1.67. The molecule has 0 saturated carbocycles. The molecular formula is C16H26N4O2. The second-order valence-corrected chi connectivity index (χ2v) is 5.45. The number of methoxy groups -OCH3 is 1. The number of rotatable bonds is 6. The molecule has 1 aromatic carbocycles. The van der Waals surface area contributed by atoms with Gasteiger partial charge in [0, 0.05) is 45.8 Å². The maximum absolute atomic E-state index is 12.1. The first-order valence-electron chi connectivity index (χ1n) is 7.81. The highest BCUT2D eigenvalue weighted by Crippen LogP contribution is 2.11. The highest BCUT2D eigenvalue weighted by Gasteiger charge is 2.19. The molecule has 1 aliphatic rings. The number of ether oxygens (including phenoxy) is 1. The predicted molar refractivity (Wildman–Crippen MR) is 87.2 cm³/mol. The fourth-order valence-electron chi connectivity index (χ4n) is 2.57. The van der Waals surface area contributed by atoms with Crippen molar-refractivity contribution in [3.8, 4) is 5.75 Å². The average Bonchev–Trinajstić information content (AvgIpc) is 2.56. The Morgan fingerprint density at radius 3 is 2.50 bits per heavy atom. The molecule has 0 aliphatic carbocycles. The number of amides is 2. The van der Waals surface area contributed by atoms with Crippen molar-refractivity contribution >= 4 is 6.03 Å². The van der Waals surface area contributed by atoms with Crippen LogP contribution in [0, 0.1) is 0 Å². The minimum absolute atomic E-state index is 0.0286. The molecule has 0 unspecified atom stereocenters. The smallest absolute Gasteiger partial charge is 0.317 e. The van der Waals surface area contributed by atoms with E-state index in [1.807, 2.05) is 29.2 Å². The van der Waals surface area contributed by atoms with E-state index in [0.29, 0.717) is 13.1 Å². The molecule has 0 bridgehead atoms. The normalized spacial score (nSPS) is 15.6. The second-order valence-electron chi connectivity index (χ2n) is 5.45. The van der Waals surface area contributed by atoms with Gasteiger partial charge in [-0.15, -0.1) is 0 Å². The van der Waals surface area contributed by atoms with Crippen molar-refractivity contribution in [1.82, 2.24) is 15.1 Å². The topological polar surface area (TPSA) is 70.8 Å². The quantitative estimate of drug-likeness (QED) is 0.804. The Labute approximate surface area is 132 Å². The Kier molecular flexibility index (Phi) is 6.48. The number of carbonyl (C=O) groups is 1. The standard InChI is InChI=1S/C16H26N4O2/c1-22-15-4-2-14(3-5-15)6-8-18-16(21)20-12-10-19(9-7-17)11-13-20/h2-5H,6-13,17H2,1H3,(H,18,21). The fourth-order valence-corrected chi connectivity index (χ4v) is 2.57. The molecule has 1 saturated heterocycles. The second kappa shape index (κ2) is 8.60. The summed E-state index contributed by atoms with van der Waals surface area (Å²) in [5, 5.41) is 2.99. The van der Waals surface area contributed by atoms with Crippen LogP contribution in [0.15, 0.2) is 24.3 Å². The number of benzene rings is 1. The number of carbonyl (C=O) groups excluding carboxylic acids is 1. The lowest BCUT2D eigenvalue weighted by molar-refractivity contribution is 0.141. The first-order chi connectivity index (χ1) is 10.7. The van der Waals surface area contributed by atoms with E-state index in [2.05, 4.69) is 10.2 Å². The van der Waals surface area contributed by atoms with Crippen molar-refractivity contribution in [2.75, 3.05) is 52.9 Å². The highest BCUT2D eigenvalue weighted by atomic mass is 16.5. The van der Waals surface area contributed by atoms with Gasteiger partial charge in [0.15, 0.2) is 0 Å². The van der Waals surface area contributed by atoms with E-state index < -0.39 is 0 Å². The van der Waals surface area contributed by atoms with Crippen LogP contribution >= 0.6 is 0 Å². The van der Waals surface area contributed by atoms with Crippen LogP contribution in [0.3, 0.4) is 0 Å². The van der Waals surface area contributed by atoms with Crippen LogP contribution in [0.4, 0.5) is 4.79 Å². The lowest BCUT2D eigenvalue weighted by Crippen LogP contribution is -2.52. The Bertz CT molecular complexity index is 456. The molecule has 1 heterocycles. The summed E-state index contributed by atoms with van der Waals surface area (Å²) in [4.78, 5) is 16.3. The lowest BCUT2D eigenvalue weighted by Gasteiger charge is -2.34. The number of nitrogens with two attached hydrogens (primary N) is 1. The van der Waals surface area contributed by atoms with E-state index in [1.165, 1.54) is 5.56 Å². The maximum atomic E-state index is 12.1. The van der Waals surface area contributed by atoms with Crippen molar-refractivity contribution in [3.63, 3.8) is 0 Å². The van der Waals surface area contributed by atoms with Crippen LogP contribution in [0.5, 0.6) is 5.75 Å².